The molecule has 0 rings (SSSR count). The number of hydrogen-bond donors (Lipinski definition) is 3. The normalized spacial score (nSPS) is 12.1. The third kappa shape index (κ3) is 5.08. The van der Waals surface area contributed by atoms with Crippen molar-refractivity contribution in [3.8, 4) is 0 Å². The number of hydrogen-bond acceptors (Lipinski definition) is 2. The maximum absolute atomic E-state index is 9.94. The third-order valence-corrected chi connectivity index (χ3v) is 1.12. The molecule has 0 radical (unpaired) electrons. The maximum atomic E-state index is 9.94. The average Bonchev–Trinajstić information content (AvgIpc) is 1.85. The van der Waals surface area contributed by atoms with E-state index in [1.54, 1.807) is 0 Å². The lowest BCUT2D eigenvalue weighted by Crippen LogP contribution is -2.26. The van der Waals surface area contributed by atoms with Gasteiger partial charge >= 0.3 is 6.09 Å². The first kappa shape index (κ1) is 8.94. The molecule has 0 bridgehead atoms. The largest absolute Gasteiger partial charge is 0.465 e. The van der Waals surface area contributed by atoms with Crippen LogP contribution in [-0.4, -0.2) is 24.0 Å². The van der Waals surface area contributed by atoms with Crippen LogP contribution >= 0.6 is 0 Å². The Balaban J connectivity index is 3.29. The van der Waals surface area contributed by atoms with Crippen molar-refractivity contribution in [2.75, 3.05) is 6.54 Å². The summed E-state index contributed by atoms with van der Waals surface area (Å²) in [5.41, 5.74) is 0. The van der Waals surface area contributed by atoms with E-state index in [-0.39, 0.29) is 5.92 Å². The molecule has 0 heterocycles. The number of rotatable bonds is 4. The molecule has 1 amide bonds. The lowest BCUT2D eigenvalue weighted by Gasteiger charge is -2.06. The second-order valence-corrected chi connectivity index (χ2v) is 2.23. The molecule has 0 spiro atoms. The van der Waals surface area contributed by atoms with Gasteiger partial charge in [-0.05, 0) is 18.6 Å². The van der Waals surface area contributed by atoms with Crippen molar-refractivity contribution in [1.82, 2.24) is 5.32 Å². The molecule has 58 valence electrons. The molecule has 4 heteroatoms. The molecule has 0 aliphatic rings. The van der Waals surface area contributed by atoms with E-state index in [0.717, 1.165) is 0 Å². The van der Waals surface area contributed by atoms with Gasteiger partial charge in [-0.3, -0.25) is 0 Å². The van der Waals surface area contributed by atoms with Gasteiger partial charge in [0.25, 0.3) is 0 Å². The highest BCUT2D eigenvalue weighted by molar-refractivity contribution is 5.64. The minimum atomic E-state index is -1.00. The van der Waals surface area contributed by atoms with E-state index in [2.05, 4.69) is 5.32 Å². The van der Waals surface area contributed by atoms with Gasteiger partial charge in [0.1, 0.15) is 0 Å². The summed E-state index contributed by atoms with van der Waals surface area (Å²) in [7, 11) is 0. The molecule has 10 heavy (non-hydrogen) atoms. The van der Waals surface area contributed by atoms with E-state index in [0.29, 0.717) is 13.0 Å². The van der Waals surface area contributed by atoms with Crippen molar-refractivity contribution >= 4 is 12.3 Å². The van der Waals surface area contributed by atoms with E-state index in [4.69, 9.17) is 10.5 Å². The van der Waals surface area contributed by atoms with Crippen molar-refractivity contribution in [1.29, 1.82) is 5.41 Å². The maximum Gasteiger partial charge on any atom is 0.404 e. The van der Waals surface area contributed by atoms with Crippen molar-refractivity contribution < 1.29 is 9.90 Å². The first-order valence-electron chi connectivity index (χ1n) is 3.12. The van der Waals surface area contributed by atoms with Gasteiger partial charge in [0.05, 0.1) is 0 Å². The van der Waals surface area contributed by atoms with Crippen LogP contribution in [0.4, 0.5) is 4.79 Å². The predicted molar refractivity (Wildman–Crippen MR) is 38.6 cm³/mol. The number of carboxylic acid groups (broad SMARTS) is 1. The molecular weight excluding hydrogens is 132 g/mol. The van der Waals surface area contributed by atoms with E-state index >= 15 is 0 Å². The Labute approximate surface area is 59.8 Å². The predicted octanol–water partition coefficient (Wildman–Crippen LogP) is 0.930. The van der Waals surface area contributed by atoms with Crippen LogP contribution < -0.4 is 5.32 Å². The van der Waals surface area contributed by atoms with Crippen LogP contribution in [-0.2, 0) is 0 Å². The van der Waals surface area contributed by atoms with E-state index in [1.165, 1.54) is 6.21 Å². The standard InChI is InChI=1S/C6H12N2O2/c1-5(2-3-7)4-8-6(9)10/h3,5,7-8H,2,4H2,1H3,(H,9,10). The summed E-state index contributed by atoms with van der Waals surface area (Å²) in [5.74, 6) is 0.216. The summed E-state index contributed by atoms with van der Waals surface area (Å²) >= 11 is 0. The molecule has 0 saturated heterocycles. The SMILES string of the molecule is CC(CC=N)CNC(=O)O. The van der Waals surface area contributed by atoms with Crippen LogP contribution in [0.2, 0.25) is 0 Å². The van der Waals surface area contributed by atoms with Crippen LogP contribution in [0.1, 0.15) is 13.3 Å². The summed E-state index contributed by atoms with van der Waals surface area (Å²) in [6.07, 6.45) is 0.908. The van der Waals surface area contributed by atoms with Gasteiger partial charge < -0.3 is 15.8 Å². The zero-order chi connectivity index (χ0) is 7.98. The zero-order valence-corrected chi connectivity index (χ0v) is 5.92. The number of carbonyl (C=O) groups is 1. The second-order valence-electron chi connectivity index (χ2n) is 2.23. The van der Waals surface area contributed by atoms with Crippen LogP contribution in [0.5, 0.6) is 0 Å². The summed E-state index contributed by atoms with van der Waals surface area (Å²) in [5, 5.41) is 17.1. The molecule has 0 aromatic carbocycles. The summed E-state index contributed by atoms with van der Waals surface area (Å²) in [4.78, 5) is 9.94. The van der Waals surface area contributed by atoms with E-state index < -0.39 is 6.09 Å². The molecule has 3 N–H and O–H groups in total. The topological polar surface area (TPSA) is 73.2 Å². The minimum absolute atomic E-state index is 0.216. The molecule has 0 fully saturated rings. The van der Waals surface area contributed by atoms with Gasteiger partial charge in [-0.2, -0.15) is 0 Å². The quantitative estimate of drug-likeness (QED) is 0.513. The Morgan fingerprint density at radius 3 is 2.90 bits per heavy atom. The Morgan fingerprint density at radius 2 is 2.50 bits per heavy atom. The molecule has 0 aliphatic heterocycles. The number of nitrogens with one attached hydrogen (secondary N) is 2. The molecule has 1 unspecified atom stereocenters. The first-order chi connectivity index (χ1) is 4.66. The van der Waals surface area contributed by atoms with Crippen molar-refractivity contribution in [2.24, 2.45) is 5.92 Å². The summed E-state index contributed by atoms with van der Waals surface area (Å²) in [6, 6.07) is 0. The molecule has 0 aromatic rings. The Kier molecular flexibility index (Phi) is 4.28. The lowest BCUT2D eigenvalue weighted by atomic mass is 10.1. The molecular formula is C6H12N2O2. The average molecular weight is 144 g/mol. The fraction of sp³-hybridized carbons (Fsp3) is 0.667. The van der Waals surface area contributed by atoms with Crippen LogP contribution in [0.3, 0.4) is 0 Å². The smallest absolute Gasteiger partial charge is 0.404 e. The Hall–Kier alpha value is -1.06. The molecule has 0 aromatic heterocycles. The fourth-order valence-corrected chi connectivity index (χ4v) is 0.546. The van der Waals surface area contributed by atoms with Crippen molar-refractivity contribution in [2.45, 2.75) is 13.3 Å². The zero-order valence-electron chi connectivity index (χ0n) is 5.92. The summed E-state index contributed by atoms with van der Waals surface area (Å²) in [6.45, 7) is 2.31. The first-order valence-corrected chi connectivity index (χ1v) is 3.12. The lowest BCUT2D eigenvalue weighted by molar-refractivity contribution is 0.193. The summed E-state index contributed by atoms with van der Waals surface area (Å²) < 4.78 is 0. The number of amides is 1. The minimum Gasteiger partial charge on any atom is -0.465 e. The Bertz CT molecular complexity index is 125. The fourth-order valence-electron chi connectivity index (χ4n) is 0.546. The third-order valence-electron chi connectivity index (χ3n) is 1.12. The van der Waals surface area contributed by atoms with Gasteiger partial charge in [-0.1, -0.05) is 6.92 Å². The molecule has 0 saturated carbocycles. The highest BCUT2D eigenvalue weighted by Crippen LogP contribution is 1.95. The molecule has 4 nitrogen and oxygen atoms in total. The molecule has 0 aliphatic carbocycles. The van der Waals surface area contributed by atoms with Gasteiger partial charge in [0.15, 0.2) is 0 Å². The van der Waals surface area contributed by atoms with Gasteiger partial charge in [-0.15, -0.1) is 0 Å². The van der Waals surface area contributed by atoms with E-state index in [1.807, 2.05) is 6.92 Å². The second kappa shape index (κ2) is 4.78. The van der Waals surface area contributed by atoms with Crippen molar-refractivity contribution in [3.05, 3.63) is 0 Å². The van der Waals surface area contributed by atoms with Crippen LogP contribution in [0.25, 0.3) is 0 Å². The highest BCUT2D eigenvalue weighted by atomic mass is 16.4. The monoisotopic (exact) mass is 144 g/mol. The van der Waals surface area contributed by atoms with Crippen LogP contribution in [0.15, 0.2) is 0 Å². The Morgan fingerprint density at radius 1 is 1.90 bits per heavy atom. The highest BCUT2D eigenvalue weighted by Gasteiger charge is 2.00. The van der Waals surface area contributed by atoms with E-state index in [9.17, 15) is 4.79 Å². The van der Waals surface area contributed by atoms with Gasteiger partial charge in [0.2, 0.25) is 0 Å². The molecule has 1 atom stereocenters. The van der Waals surface area contributed by atoms with Gasteiger partial charge in [-0.25, -0.2) is 4.79 Å². The van der Waals surface area contributed by atoms with Crippen LogP contribution in [0, 0.1) is 11.3 Å². The van der Waals surface area contributed by atoms with Gasteiger partial charge in [0, 0.05) is 6.54 Å². The van der Waals surface area contributed by atoms with Crippen molar-refractivity contribution in [3.63, 3.8) is 0 Å².